The molecule has 5 nitrogen and oxygen atoms in total. The van der Waals surface area contributed by atoms with Crippen molar-refractivity contribution in [1.82, 2.24) is 9.62 Å². The minimum absolute atomic E-state index is 0.00289. The quantitative estimate of drug-likeness (QED) is 0.909. The van der Waals surface area contributed by atoms with Gasteiger partial charge in [0.2, 0.25) is 15.9 Å². The van der Waals surface area contributed by atoms with Crippen molar-refractivity contribution >= 4 is 15.9 Å². The van der Waals surface area contributed by atoms with Crippen LogP contribution < -0.4 is 5.32 Å². The minimum Gasteiger partial charge on any atom is -0.352 e. The van der Waals surface area contributed by atoms with Gasteiger partial charge in [0.1, 0.15) is 5.82 Å². The molecule has 2 heterocycles. The molecule has 2 atom stereocenters. The maximum absolute atomic E-state index is 13.2. The smallest absolute Gasteiger partial charge is 0.220 e. The molecule has 1 aromatic carbocycles. The summed E-state index contributed by atoms with van der Waals surface area (Å²) in [6.45, 7) is 0.747. The van der Waals surface area contributed by atoms with Crippen LogP contribution in [0.3, 0.4) is 0 Å². The molecule has 22 heavy (non-hydrogen) atoms. The summed E-state index contributed by atoms with van der Waals surface area (Å²) in [5.74, 6) is -0.477. The lowest BCUT2D eigenvalue weighted by Gasteiger charge is -2.17. The average Bonchev–Trinajstić information content (AvgIpc) is 2.74. The summed E-state index contributed by atoms with van der Waals surface area (Å²) in [5.41, 5.74) is 0.441. The van der Waals surface area contributed by atoms with E-state index in [-0.39, 0.29) is 23.6 Å². The van der Waals surface area contributed by atoms with E-state index in [2.05, 4.69) is 5.32 Å². The van der Waals surface area contributed by atoms with Crippen LogP contribution in [0.15, 0.2) is 24.3 Å². The average molecular weight is 326 g/mol. The van der Waals surface area contributed by atoms with Crippen molar-refractivity contribution in [2.24, 2.45) is 5.92 Å². The lowest BCUT2D eigenvalue weighted by molar-refractivity contribution is -0.121. The highest BCUT2D eigenvalue weighted by atomic mass is 32.2. The fraction of sp³-hybridized carbons (Fsp3) is 0.533. The van der Waals surface area contributed by atoms with E-state index in [9.17, 15) is 17.6 Å². The van der Waals surface area contributed by atoms with Crippen LogP contribution in [0.1, 0.15) is 24.8 Å². The van der Waals surface area contributed by atoms with Crippen molar-refractivity contribution < 1.29 is 17.6 Å². The zero-order valence-electron chi connectivity index (χ0n) is 12.2. The largest absolute Gasteiger partial charge is 0.352 e. The standard InChI is InChI=1S/C15H19FN2O3S/c16-13-5-1-3-11(7-13)10-22(20,21)18-8-12-4-2-6-15(19)17-14(12)9-18/h1,3,5,7,12,14H,2,4,6,8-10H2,(H,17,19)/t12-,14+/m1/s1. The molecule has 0 spiro atoms. The fourth-order valence-electron chi connectivity index (χ4n) is 3.25. The number of amides is 1. The molecule has 1 amide bonds. The fourth-order valence-corrected chi connectivity index (χ4v) is 4.84. The van der Waals surface area contributed by atoms with Gasteiger partial charge in [-0.05, 0) is 36.5 Å². The highest BCUT2D eigenvalue weighted by molar-refractivity contribution is 7.88. The predicted molar refractivity (Wildman–Crippen MR) is 79.9 cm³/mol. The van der Waals surface area contributed by atoms with Crippen LogP contribution in [0.2, 0.25) is 0 Å². The van der Waals surface area contributed by atoms with Crippen molar-refractivity contribution in [1.29, 1.82) is 0 Å². The molecule has 1 aromatic rings. The van der Waals surface area contributed by atoms with Gasteiger partial charge in [0, 0.05) is 25.6 Å². The van der Waals surface area contributed by atoms with E-state index in [0.29, 0.717) is 25.1 Å². The van der Waals surface area contributed by atoms with Gasteiger partial charge < -0.3 is 5.32 Å². The van der Waals surface area contributed by atoms with Crippen molar-refractivity contribution in [2.45, 2.75) is 31.1 Å². The number of hydrogen-bond donors (Lipinski definition) is 1. The number of sulfonamides is 1. The Morgan fingerprint density at radius 1 is 1.32 bits per heavy atom. The Bertz CT molecular complexity index is 677. The number of nitrogens with zero attached hydrogens (tertiary/aromatic N) is 1. The number of rotatable bonds is 3. The zero-order valence-corrected chi connectivity index (χ0v) is 13.0. The Balaban J connectivity index is 1.72. The summed E-state index contributed by atoms with van der Waals surface area (Å²) in [4.78, 5) is 11.6. The first-order valence-corrected chi connectivity index (χ1v) is 9.06. The Morgan fingerprint density at radius 2 is 2.14 bits per heavy atom. The molecule has 0 saturated carbocycles. The van der Waals surface area contributed by atoms with Crippen LogP contribution in [0.25, 0.3) is 0 Å². The highest BCUT2D eigenvalue weighted by Crippen LogP contribution is 2.28. The Morgan fingerprint density at radius 3 is 2.91 bits per heavy atom. The van der Waals surface area contributed by atoms with E-state index >= 15 is 0 Å². The van der Waals surface area contributed by atoms with Gasteiger partial charge in [-0.25, -0.2) is 12.8 Å². The van der Waals surface area contributed by atoms with Crippen LogP contribution in [0.5, 0.6) is 0 Å². The molecule has 7 heteroatoms. The molecule has 0 aromatic heterocycles. The van der Waals surface area contributed by atoms with Crippen molar-refractivity contribution in [2.75, 3.05) is 13.1 Å². The van der Waals surface area contributed by atoms with Crippen molar-refractivity contribution in [3.63, 3.8) is 0 Å². The van der Waals surface area contributed by atoms with E-state index in [4.69, 9.17) is 0 Å². The van der Waals surface area contributed by atoms with E-state index in [1.807, 2.05) is 0 Å². The molecule has 0 bridgehead atoms. The van der Waals surface area contributed by atoms with Crippen LogP contribution in [0, 0.1) is 11.7 Å². The van der Waals surface area contributed by atoms with Gasteiger partial charge in [0.05, 0.1) is 5.75 Å². The summed E-state index contributed by atoms with van der Waals surface area (Å²) in [6.07, 6.45) is 2.17. The Kier molecular flexibility index (Phi) is 4.18. The summed E-state index contributed by atoms with van der Waals surface area (Å²) in [5, 5.41) is 2.91. The number of carbonyl (C=O) groups is 1. The molecule has 0 aliphatic carbocycles. The first kappa shape index (κ1) is 15.4. The van der Waals surface area contributed by atoms with Crippen LogP contribution in [0.4, 0.5) is 4.39 Å². The summed E-state index contributed by atoms with van der Waals surface area (Å²) >= 11 is 0. The first-order valence-electron chi connectivity index (χ1n) is 7.46. The lowest BCUT2D eigenvalue weighted by atomic mass is 9.99. The third-order valence-electron chi connectivity index (χ3n) is 4.36. The Hall–Kier alpha value is -1.47. The Labute approximate surface area is 129 Å². The molecule has 120 valence electrons. The molecule has 2 aliphatic rings. The van der Waals surface area contributed by atoms with Gasteiger partial charge in [0.25, 0.3) is 0 Å². The molecule has 3 rings (SSSR count). The summed E-state index contributed by atoms with van der Waals surface area (Å²) in [6, 6.07) is 5.55. The van der Waals surface area contributed by atoms with Crippen LogP contribution in [-0.2, 0) is 20.6 Å². The second kappa shape index (κ2) is 5.96. The maximum Gasteiger partial charge on any atom is 0.220 e. The molecule has 0 radical (unpaired) electrons. The molecule has 2 saturated heterocycles. The maximum atomic E-state index is 13.2. The van der Waals surface area contributed by atoms with E-state index in [1.165, 1.54) is 22.5 Å². The van der Waals surface area contributed by atoms with Crippen molar-refractivity contribution in [3.05, 3.63) is 35.6 Å². The number of hydrogen-bond acceptors (Lipinski definition) is 3. The number of halogens is 1. The monoisotopic (exact) mass is 326 g/mol. The van der Waals surface area contributed by atoms with Gasteiger partial charge in [-0.2, -0.15) is 4.31 Å². The number of fused-ring (bicyclic) bond motifs is 1. The number of nitrogens with one attached hydrogen (secondary N) is 1. The molecular weight excluding hydrogens is 307 g/mol. The SMILES string of the molecule is O=C1CCC[C@@H]2CN(S(=O)(=O)Cc3cccc(F)c3)C[C@@H]2N1. The van der Waals surface area contributed by atoms with Gasteiger partial charge in [-0.3, -0.25) is 4.79 Å². The third-order valence-corrected chi connectivity index (χ3v) is 6.15. The van der Waals surface area contributed by atoms with Gasteiger partial charge in [-0.15, -0.1) is 0 Å². The molecule has 2 aliphatic heterocycles. The van der Waals surface area contributed by atoms with Gasteiger partial charge >= 0.3 is 0 Å². The van der Waals surface area contributed by atoms with Gasteiger partial charge in [0.15, 0.2) is 0 Å². The van der Waals surface area contributed by atoms with E-state index in [0.717, 1.165) is 12.8 Å². The predicted octanol–water partition coefficient (Wildman–Crippen LogP) is 1.26. The molecule has 1 N–H and O–H groups in total. The number of carbonyl (C=O) groups excluding carboxylic acids is 1. The normalized spacial score (nSPS) is 26.3. The molecule has 2 fully saturated rings. The minimum atomic E-state index is -3.50. The first-order chi connectivity index (χ1) is 10.4. The van der Waals surface area contributed by atoms with E-state index in [1.54, 1.807) is 6.07 Å². The summed E-state index contributed by atoms with van der Waals surface area (Å²) in [7, 11) is -3.50. The molecular formula is C15H19FN2O3S. The van der Waals surface area contributed by atoms with Gasteiger partial charge in [-0.1, -0.05) is 12.1 Å². The van der Waals surface area contributed by atoms with Crippen LogP contribution in [-0.4, -0.2) is 37.8 Å². The second-order valence-corrected chi connectivity index (χ2v) is 8.00. The number of benzene rings is 1. The topological polar surface area (TPSA) is 66.5 Å². The second-order valence-electron chi connectivity index (χ2n) is 6.03. The lowest BCUT2D eigenvalue weighted by Crippen LogP contribution is -2.39. The molecule has 0 unspecified atom stereocenters. The third kappa shape index (κ3) is 3.30. The van der Waals surface area contributed by atoms with Crippen molar-refractivity contribution in [3.8, 4) is 0 Å². The summed E-state index contributed by atoms with van der Waals surface area (Å²) < 4.78 is 39.7. The highest BCUT2D eigenvalue weighted by Gasteiger charge is 2.40. The zero-order chi connectivity index (χ0) is 15.7. The van der Waals surface area contributed by atoms with E-state index < -0.39 is 15.8 Å². The van der Waals surface area contributed by atoms with Crippen LogP contribution >= 0.6 is 0 Å².